The molecule has 0 aliphatic heterocycles. The molecule has 0 atom stereocenters. The lowest BCUT2D eigenvalue weighted by atomic mass is 10.1. The van der Waals surface area contributed by atoms with E-state index in [-0.39, 0.29) is 0 Å². The van der Waals surface area contributed by atoms with Gasteiger partial charge in [0.2, 0.25) is 0 Å². The monoisotopic (exact) mass is 274 g/mol. The van der Waals surface area contributed by atoms with Crippen molar-refractivity contribution in [1.29, 1.82) is 0 Å². The van der Waals surface area contributed by atoms with Crippen molar-refractivity contribution < 1.29 is 9.90 Å². The second-order valence-electron chi connectivity index (χ2n) is 4.53. The number of hydrogen-bond donors (Lipinski definition) is 1. The third-order valence-corrected chi connectivity index (χ3v) is 3.83. The van der Waals surface area contributed by atoms with Crippen LogP contribution in [0.1, 0.15) is 13.8 Å². The third-order valence-electron chi connectivity index (χ3n) is 2.63. The summed E-state index contributed by atoms with van der Waals surface area (Å²) in [5, 5.41) is 9.87. The number of carbonyl (C=O) groups is 1. The molecular formula is C14H14N2O2S. The fourth-order valence-corrected chi connectivity index (χ4v) is 2.45. The van der Waals surface area contributed by atoms with Crippen molar-refractivity contribution in [3.8, 4) is 11.1 Å². The smallest absolute Gasteiger partial charge is 0.319 e. The van der Waals surface area contributed by atoms with Crippen molar-refractivity contribution in [1.82, 2.24) is 9.97 Å². The predicted octanol–water partition coefficient (Wildman–Crippen LogP) is 3.10. The quantitative estimate of drug-likeness (QED) is 0.685. The van der Waals surface area contributed by atoms with Crippen molar-refractivity contribution in [2.75, 3.05) is 0 Å². The average Bonchev–Trinajstić information content (AvgIpc) is 2.40. The summed E-state index contributed by atoms with van der Waals surface area (Å²) in [5.74, 6) is -0.866. The van der Waals surface area contributed by atoms with Crippen LogP contribution in [0, 0.1) is 0 Å². The van der Waals surface area contributed by atoms with Crippen LogP contribution in [0.2, 0.25) is 0 Å². The molecule has 0 bridgehead atoms. The number of benzene rings is 1. The van der Waals surface area contributed by atoms with E-state index in [0.717, 1.165) is 11.1 Å². The molecule has 0 fully saturated rings. The van der Waals surface area contributed by atoms with Gasteiger partial charge in [-0.25, -0.2) is 9.97 Å². The van der Waals surface area contributed by atoms with Gasteiger partial charge in [0.15, 0.2) is 0 Å². The molecule has 0 aliphatic rings. The van der Waals surface area contributed by atoms with Crippen LogP contribution in [0.3, 0.4) is 0 Å². The Morgan fingerprint density at radius 3 is 2.58 bits per heavy atom. The van der Waals surface area contributed by atoms with Gasteiger partial charge in [0.25, 0.3) is 0 Å². The Balaban J connectivity index is 2.40. The fourth-order valence-electron chi connectivity index (χ4n) is 1.50. The molecule has 2 aromatic rings. The molecule has 19 heavy (non-hydrogen) atoms. The lowest BCUT2D eigenvalue weighted by Gasteiger charge is -2.19. The molecule has 1 aromatic carbocycles. The number of thioether (sulfide) groups is 1. The first-order chi connectivity index (χ1) is 9.00. The maximum absolute atomic E-state index is 11.2. The first-order valence-corrected chi connectivity index (χ1v) is 6.60. The minimum absolute atomic E-state index is 0.675. The highest BCUT2D eigenvalue weighted by Crippen LogP contribution is 2.36. The average molecular weight is 274 g/mol. The topological polar surface area (TPSA) is 63.1 Å². The Bertz CT molecular complexity index is 585. The summed E-state index contributed by atoms with van der Waals surface area (Å²) in [7, 11) is 0. The number of aliphatic carboxylic acids is 1. The zero-order valence-electron chi connectivity index (χ0n) is 10.7. The van der Waals surface area contributed by atoms with Gasteiger partial charge < -0.3 is 5.11 Å². The summed E-state index contributed by atoms with van der Waals surface area (Å²) in [5.41, 5.74) is 1.83. The molecule has 0 spiro atoms. The van der Waals surface area contributed by atoms with E-state index in [0.29, 0.717) is 5.03 Å². The number of carboxylic acids is 1. The fraction of sp³-hybridized carbons (Fsp3) is 0.214. The largest absolute Gasteiger partial charge is 0.480 e. The van der Waals surface area contributed by atoms with Crippen LogP contribution in [0.15, 0.2) is 47.9 Å². The Hall–Kier alpha value is -1.88. The number of carboxylic acid groups (broad SMARTS) is 1. The maximum Gasteiger partial charge on any atom is 0.319 e. The maximum atomic E-state index is 11.2. The van der Waals surface area contributed by atoms with Gasteiger partial charge in [-0.1, -0.05) is 42.1 Å². The summed E-state index contributed by atoms with van der Waals surface area (Å²) < 4.78 is -0.933. The lowest BCUT2D eigenvalue weighted by molar-refractivity contribution is -0.138. The lowest BCUT2D eigenvalue weighted by Crippen LogP contribution is -2.27. The van der Waals surface area contributed by atoms with Gasteiger partial charge >= 0.3 is 5.97 Å². The van der Waals surface area contributed by atoms with Crippen LogP contribution >= 0.6 is 11.8 Å². The number of aromatic nitrogens is 2. The first kappa shape index (κ1) is 13.5. The Labute approximate surface area is 115 Å². The Morgan fingerprint density at radius 2 is 1.95 bits per heavy atom. The van der Waals surface area contributed by atoms with Crippen LogP contribution in [0.4, 0.5) is 0 Å². The zero-order chi connectivity index (χ0) is 13.9. The zero-order valence-corrected chi connectivity index (χ0v) is 11.5. The predicted molar refractivity (Wildman–Crippen MR) is 75.0 cm³/mol. The minimum Gasteiger partial charge on any atom is -0.480 e. The van der Waals surface area contributed by atoms with Gasteiger partial charge in [-0.15, -0.1) is 0 Å². The molecule has 5 heteroatoms. The molecular weight excluding hydrogens is 260 g/mol. The summed E-state index contributed by atoms with van der Waals surface area (Å²) in [6, 6.07) is 9.70. The van der Waals surface area contributed by atoms with Gasteiger partial charge in [-0.2, -0.15) is 0 Å². The van der Waals surface area contributed by atoms with Gasteiger partial charge in [-0.3, -0.25) is 4.79 Å². The van der Waals surface area contributed by atoms with Crippen molar-refractivity contribution in [2.45, 2.75) is 23.6 Å². The number of hydrogen-bond acceptors (Lipinski definition) is 4. The molecule has 1 N–H and O–H groups in total. The standard InChI is InChI=1S/C14H14N2O2S/c1-14(2,13(17)18)19-12-11(8-15-9-16-12)10-6-4-3-5-7-10/h3-9H,1-2H3,(H,17,18). The van der Waals surface area contributed by atoms with Crippen molar-refractivity contribution in [2.24, 2.45) is 0 Å². The summed E-state index contributed by atoms with van der Waals surface area (Å²) in [4.78, 5) is 19.4. The molecule has 1 heterocycles. The van der Waals surface area contributed by atoms with E-state index < -0.39 is 10.7 Å². The molecule has 98 valence electrons. The van der Waals surface area contributed by atoms with Crippen molar-refractivity contribution in [3.05, 3.63) is 42.9 Å². The minimum atomic E-state index is -0.933. The summed E-state index contributed by atoms with van der Waals surface area (Å²) in [6.45, 7) is 3.33. The third kappa shape index (κ3) is 3.12. The van der Waals surface area contributed by atoms with Gasteiger partial charge in [-0.05, 0) is 19.4 Å². The second-order valence-corrected chi connectivity index (χ2v) is 6.14. The van der Waals surface area contributed by atoms with E-state index in [9.17, 15) is 9.90 Å². The summed E-state index contributed by atoms with van der Waals surface area (Å²) >= 11 is 1.22. The Morgan fingerprint density at radius 1 is 1.26 bits per heavy atom. The van der Waals surface area contributed by atoms with Crippen LogP contribution < -0.4 is 0 Å². The SMILES string of the molecule is CC(C)(Sc1ncncc1-c1ccccc1)C(=O)O. The van der Waals surface area contributed by atoms with Crippen LogP contribution in [-0.2, 0) is 4.79 Å². The highest BCUT2D eigenvalue weighted by atomic mass is 32.2. The van der Waals surface area contributed by atoms with Crippen LogP contribution in [0.25, 0.3) is 11.1 Å². The van der Waals surface area contributed by atoms with Crippen LogP contribution in [-0.4, -0.2) is 25.8 Å². The molecule has 0 aliphatic carbocycles. The molecule has 0 unspecified atom stereocenters. The van der Waals surface area contributed by atoms with Gasteiger partial charge in [0.1, 0.15) is 16.1 Å². The van der Waals surface area contributed by atoms with E-state index in [4.69, 9.17) is 0 Å². The van der Waals surface area contributed by atoms with Gasteiger partial charge in [0.05, 0.1) is 0 Å². The highest BCUT2D eigenvalue weighted by molar-refractivity contribution is 8.01. The highest BCUT2D eigenvalue weighted by Gasteiger charge is 2.30. The molecule has 0 saturated heterocycles. The molecule has 0 amide bonds. The van der Waals surface area contributed by atoms with E-state index in [1.807, 2.05) is 30.3 Å². The Kier molecular flexibility index (Phi) is 3.85. The number of rotatable bonds is 4. The van der Waals surface area contributed by atoms with E-state index in [2.05, 4.69) is 9.97 Å². The van der Waals surface area contributed by atoms with E-state index >= 15 is 0 Å². The van der Waals surface area contributed by atoms with Crippen molar-refractivity contribution >= 4 is 17.7 Å². The molecule has 2 rings (SSSR count). The molecule has 4 nitrogen and oxygen atoms in total. The summed E-state index contributed by atoms with van der Waals surface area (Å²) in [6.07, 6.45) is 3.15. The first-order valence-electron chi connectivity index (χ1n) is 5.78. The second kappa shape index (κ2) is 5.40. The van der Waals surface area contributed by atoms with Crippen LogP contribution in [0.5, 0.6) is 0 Å². The van der Waals surface area contributed by atoms with Crippen molar-refractivity contribution in [3.63, 3.8) is 0 Å². The molecule has 0 saturated carbocycles. The van der Waals surface area contributed by atoms with Gasteiger partial charge in [0, 0.05) is 11.8 Å². The molecule has 0 radical (unpaired) electrons. The number of nitrogens with zero attached hydrogens (tertiary/aromatic N) is 2. The van der Waals surface area contributed by atoms with E-state index in [1.54, 1.807) is 20.0 Å². The normalized spacial score (nSPS) is 11.3. The van der Waals surface area contributed by atoms with E-state index in [1.165, 1.54) is 18.1 Å². The molecule has 1 aromatic heterocycles.